The van der Waals surface area contributed by atoms with Crippen LogP contribution in [0.2, 0.25) is 0 Å². The van der Waals surface area contributed by atoms with E-state index in [-0.39, 0.29) is 6.04 Å². The highest BCUT2D eigenvalue weighted by Gasteiger charge is 2.05. The molecule has 0 fully saturated rings. The van der Waals surface area contributed by atoms with Crippen molar-refractivity contribution in [2.24, 2.45) is 0 Å². The third-order valence-electron chi connectivity index (χ3n) is 2.57. The molecule has 0 amide bonds. The number of nitriles is 1. The van der Waals surface area contributed by atoms with Gasteiger partial charge in [-0.2, -0.15) is 5.26 Å². The molecule has 0 aromatic carbocycles. The molecule has 17 heavy (non-hydrogen) atoms. The summed E-state index contributed by atoms with van der Waals surface area (Å²) in [6, 6.07) is 8.37. The smallest absolute Gasteiger partial charge is 0.100 e. The molecule has 0 aliphatic carbocycles. The molecule has 2 heterocycles. The van der Waals surface area contributed by atoms with Crippen LogP contribution in [0.3, 0.4) is 0 Å². The average Bonchev–Trinajstić information content (AvgIpc) is 2.85. The summed E-state index contributed by atoms with van der Waals surface area (Å²) < 4.78 is 0. The van der Waals surface area contributed by atoms with Crippen LogP contribution in [0.5, 0.6) is 0 Å². The fourth-order valence-corrected chi connectivity index (χ4v) is 2.32. The second-order valence-corrected chi connectivity index (χ2v) is 4.79. The summed E-state index contributed by atoms with van der Waals surface area (Å²) in [5, 5.41) is 14.0. The molecule has 0 saturated carbocycles. The maximum atomic E-state index is 8.74. The van der Waals surface area contributed by atoms with Crippen molar-refractivity contribution < 1.29 is 0 Å². The lowest BCUT2D eigenvalue weighted by Gasteiger charge is -2.12. The zero-order valence-corrected chi connectivity index (χ0v) is 10.4. The Bertz CT molecular complexity index is 513. The van der Waals surface area contributed by atoms with Crippen molar-refractivity contribution in [3.05, 3.63) is 52.0 Å². The van der Waals surface area contributed by atoms with Crippen molar-refractivity contribution in [2.75, 3.05) is 0 Å². The van der Waals surface area contributed by atoms with Gasteiger partial charge in [-0.1, -0.05) is 0 Å². The van der Waals surface area contributed by atoms with Gasteiger partial charge in [0, 0.05) is 35.2 Å². The van der Waals surface area contributed by atoms with Crippen LogP contribution in [0, 0.1) is 11.3 Å². The fourth-order valence-electron chi connectivity index (χ4n) is 1.56. The van der Waals surface area contributed by atoms with E-state index in [2.05, 4.69) is 23.3 Å². The summed E-state index contributed by atoms with van der Waals surface area (Å²) in [6.45, 7) is 2.91. The Hall–Kier alpha value is -1.70. The third kappa shape index (κ3) is 3.13. The molecule has 3 nitrogen and oxygen atoms in total. The van der Waals surface area contributed by atoms with E-state index in [1.54, 1.807) is 23.7 Å². The van der Waals surface area contributed by atoms with Crippen LogP contribution in [-0.2, 0) is 6.54 Å². The maximum absolute atomic E-state index is 8.74. The monoisotopic (exact) mass is 243 g/mol. The van der Waals surface area contributed by atoms with Crippen molar-refractivity contribution in [1.29, 1.82) is 5.26 Å². The van der Waals surface area contributed by atoms with E-state index in [4.69, 9.17) is 5.26 Å². The van der Waals surface area contributed by atoms with E-state index in [1.165, 1.54) is 10.4 Å². The Labute approximate surface area is 105 Å². The van der Waals surface area contributed by atoms with Crippen LogP contribution in [0.1, 0.15) is 29.0 Å². The van der Waals surface area contributed by atoms with Gasteiger partial charge in [0.2, 0.25) is 0 Å². The van der Waals surface area contributed by atoms with Crippen LogP contribution in [0.4, 0.5) is 0 Å². The maximum Gasteiger partial charge on any atom is 0.100 e. The Morgan fingerprint density at radius 2 is 2.24 bits per heavy atom. The van der Waals surface area contributed by atoms with E-state index in [0.717, 1.165) is 12.1 Å². The molecule has 0 bridgehead atoms. The van der Waals surface area contributed by atoms with Crippen LogP contribution >= 0.6 is 11.3 Å². The molecule has 0 aliphatic heterocycles. The third-order valence-corrected chi connectivity index (χ3v) is 3.51. The molecule has 2 rings (SSSR count). The number of hydrogen-bond acceptors (Lipinski definition) is 4. The van der Waals surface area contributed by atoms with E-state index in [0.29, 0.717) is 0 Å². The molecule has 1 N–H and O–H groups in total. The van der Waals surface area contributed by atoms with Crippen molar-refractivity contribution in [2.45, 2.75) is 19.5 Å². The Kier molecular flexibility index (Phi) is 3.86. The summed E-state index contributed by atoms with van der Waals surface area (Å²) in [7, 11) is 0. The van der Waals surface area contributed by atoms with Crippen LogP contribution in [0.15, 0.2) is 36.0 Å². The van der Waals surface area contributed by atoms with Gasteiger partial charge in [-0.05, 0) is 30.7 Å². The van der Waals surface area contributed by atoms with Gasteiger partial charge in [0.25, 0.3) is 0 Å². The van der Waals surface area contributed by atoms with Crippen molar-refractivity contribution in [1.82, 2.24) is 10.3 Å². The van der Waals surface area contributed by atoms with Gasteiger partial charge in [-0.25, -0.2) is 0 Å². The molecule has 2 aromatic rings. The molecule has 0 unspecified atom stereocenters. The Morgan fingerprint density at radius 3 is 2.88 bits per heavy atom. The molecule has 4 heteroatoms. The lowest BCUT2D eigenvalue weighted by atomic mass is 10.1. The van der Waals surface area contributed by atoms with Crippen molar-refractivity contribution in [3.63, 3.8) is 0 Å². The second kappa shape index (κ2) is 5.58. The summed E-state index contributed by atoms with van der Waals surface area (Å²) in [4.78, 5) is 5.18. The number of nitrogens with zero attached hydrogens (tertiary/aromatic N) is 2. The minimum absolute atomic E-state index is 0.283. The molecule has 0 spiro atoms. The second-order valence-electron chi connectivity index (χ2n) is 3.80. The number of nitrogens with one attached hydrogen (secondary N) is 1. The number of aromatic nitrogens is 1. The van der Waals surface area contributed by atoms with Gasteiger partial charge in [0.05, 0.1) is 5.56 Å². The zero-order valence-electron chi connectivity index (χ0n) is 9.55. The first-order valence-corrected chi connectivity index (χ1v) is 6.28. The fraction of sp³-hybridized carbons (Fsp3) is 0.231. The minimum atomic E-state index is 0.283. The highest BCUT2D eigenvalue weighted by atomic mass is 32.1. The van der Waals surface area contributed by atoms with E-state index in [1.807, 2.05) is 23.6 Å². The van der Waals surface area contributed by atoms with Crippen molar-refractivity contribution >= 4 is 11.3 Å². The largest absolute Gasteiger partial charge is 0.305 e. The SMILES string of the molecule is C[C@@H](NCc1cc(C#N)cs1)c1ccncc1. The first kappa shape index (κ1) is 11.8. The predicted octanol–water partition coefficient (Wildman–Crippen LogP) is 2.87. The molecule has 0 radical (unpaired) electrons. The number of rotatable bonds is 4. The average molecular weight is 243 g/mol. The van der Waals surface area contributed by atoms with Gasteiger partial charge in [0.1, 0.15) is 6.07 Å². The standard InChI is InChI=1S/C13H13N3S/c1-10(12-2-4-15-5-3-12)16-8-13-6-11(7-14)9-17-13/h2-6,9-10,16H,8H2,1H3/t10-/m1/s1. The van der Waals surface area contributed by atoms with Gasteiger partial charge in [-0.15, -0.1) is 11.3 Å². The number of hydrogen-bond donors (Lipinski definition) is 1. The zero-order chi connectivity index (χ0) is 12.1. The summed E-state index contributed by atoms with van der Waals surface area (Å²) in [5.41, 5.74) is 1.96. The van der Waals surface area contributed by atoms with Gasteiger partial charge < -0.3 is 5.32 Å². The first-order chi connectivity index (χ1) is 8.29. The van der Waals surface area contributed by atoms with Crippen molar-refractivity contribution in [3.8, 4) is 6.07 Å². The topological polar surface area (TPSA) is 48.7 Å². The predicted molar refractivity (Wildman–Crippen MR) is 68.5 cm³/mol. The normalized spacial score (nSPS) is 12.0. The van der Waals surface area contributed by atoms with Crippen LogP contribution in [0.25, 0.3) is 0 Å². The van der Waals surface area contributed by atoms with E-state index < -0.39 is 0 Å². The Morgan fingerprint density at radius 1 is 1.47 bits per heavy atom. The number of thiophene rings is 1. The quantitative estimate of drug-likeness (QED) is 0.898. The summed E-state index contributed by atoms with van der Waals surface area (Å²) >= 11 is 1.61. The highest BCUT2D eigenvalue weighted by molar-refractivity contribution is 7.10. The summed E-state index contributed by atoms with van der Waals surface area (Å²) in [5.74, 6) is 0. The van der Waals surface area contributed by atoms with Gasteiger partial charge in [-0.3, -0.25) is 4.98 Å². The molecule has 2 aromatic heterocycles. The van der Waals surface area contributed by atoms with Crippen LogP contribution in [-0.4, -0.2) is 4.98 Å². The molecule has 86 valence electrons. The molecule has 0 aliphatic rings. The molecule has 0 saturated heterocycles. The van der Waals surface area contributed by atoms with Crippen LogP contribution < -0.4 is 5.32 Å². The van der Waals surface area contributed by atoms with E-state index >= 15 is 0 Å². The molecule has 1 atom stereocenters. The molecular weight excluding hydrogens is 230 g/mol. The van der Waals surface area contributed by atoms with Gasteiger partial charge >= 0.3 is 0 Å². The lowest BCUT2D eigenvalue weighted by molar-refractivity contribution is 0.578. The minimum Gasteiger partial charge on any atom is -0.305 e. The Balaban J connectivity index is 1.92. The number of pyridine rings is 1. The summed E-state index contributed by atoms with van der Waals surface area (Å²) in [6.07, 6.45) is 3.60. The highest BCUT2D eigenvalue weighted by Crippen LogP contribution is 2.16. The lowest BCUT2D eigenvalue weighted by Crippen LogP contribution is -2.17. The molecular formula is C13H13N3S. The van der Waals surface area contributed by atoms with E-state index in [9.17, 15) is 0 Å². The first-order valence-electron chi connectivity index (χ1n) is 5.40. The van der Waals surface area contributed by atoms with Gasteiger partial charge in [0.15, 0.2) is 0 Å².